The summed E-state index contributed by atoms with van der Waals surface area (Å²) < 4.78 is 11.2. The smallest absolute Gasteiger partial charge is 0.272 e. The van der Waals surface area contributed by atoms with Crippen molar-refractivity contribution in [2.45, 2.75) is 13.5 Å². The van der Waals surface area contributed by atoms with E-state index in [0.29, 0.717) is 28.7 Å². The van der Waals surface area contributed by atoms with Gasteiger partial charge in [-0.15, -0.1) is 11.3 Å². The fraction of sp³-hybridized carbons (Fsp3) is 0.150. The van der Waals surface area contributed by atoms with Crippen molar-refractivity contribution < 1.29 is 14.3 Å². The zero-order chi connectivity index (χ0) is 19.9. The van der Waals surface area contributed by atoms with Gasteiger partial charge in [0.25, 0.3) is 5.91 Å². The highest BCUT2D eigenvalue weighted by atomic mass is 35.5. The second kappa shape index (κ2) is 9.34. The maximum Gasteiger partial charge on any atom is 0.272 e. The predicted molar refractivity (Wildman–Crippen MR) is 111 cm³/mol. The minimum atomic E-state index is -0.382. The Hall–Kier alpha value is -2.90. The molecule has 0 aliphatic rings. The van der Waals surface area contributed by atoms with Crippen molar-refractivity contribution in [1.82, 2.24) is 10.4 Å². The van der Waals surface area contributed by atoms with Gasteiger partial charge in [-0.05, 0) is 42.8 Å². The molecule has 0 fully saturated rings. The number of thiazole rings is 1. The van der Waals surface area contributed by atoms with Gasteiger partial charge in [-0.1, -0.05) is 23.7 Å². The zero-order valence-electron chi connectivity index (χ0n) is 15.3. The molecule has 0 aliphatic carbocycles. The third-order valence-corrected chi connectivity index (χ3v) is 4.88. The number of methoxy groups -OCH3 is 1. The predicted octanol–water partition coefficient (Wildman–Crippen LogP) is 4.46. The van der Waals surface area contributed by atoms with Gasteiger partial charge in [0.05, 0.1) is 34.6 Å². The van der Waals surface area contributed by atoms with Crippen molar-refractivity contribution in [3.63, 3.8) is 0 Å². The Balaban J connectivity index is 1.63. The number of nitrogens with zero attached hydrogens (tertiary/aromatic N) is 2. The fourth-order valence-electron chi connectivity index (χ4n) is 2.38. The third kappa shape index (κ3) is 5.09. The first-order valence-corrected chi connectivity index (χ1v) is 9.62. The monoisotopic (exact) mass is 415 g/mol. The molecule has 0 bridgehead atoms. The van der Waals surface area contributed by atoms with Crippen LogP contribution in [0, 0.1) is 6.92 Å². The summed E-state index contributed by atoms with van der Waals surface area (Å²) in [6.45, 7) is 2.31. The van der Waals surface area contributed by atoms with Crippen LogP contribution in [0.3, 0.4) is 0 Å². The molecular weight excluding hydrogens is 398 g/mol. The van der Waals surface area contributed by atoms with Crippen LogP contribution in [0.4, 0.5) is 0 Å². The number of nitrogens with one attached hydrogen (secondary N) is 1. The summed E-state index contributed by atoms with van der Waals surface area (Å²) in [5.41, 5.74) is 4.43. The molecular formula is C20H18ClN3O3S. The number of halogens is 1. The van der Waals surface area contributed by atoms with Crippen molar-refractivity contribution >= 4 is 35.1 Å². The van der Waals surface area contributed by atoms with E-state index in [4.69, 9.17) is 21.1 Å². The van der Waals surface area contributed by atoms with E-state index in [0.717, 1.165) is 16.3 Å². The molecule has 3 rings (SSSR count). The molecule has 28 heavy (non-hydrogen) atoms. The van der Waals surface area contributed by atoms with Gasteiger partial charge < -0.3 is 9.47 Å². The van der Waals surface area contributed by atoms with Crippen LogP contribution in [-0.4, -0.2) is 24.2 Å². The van der Waals surface area contributed by atoms with Crippen LogP contribution in [0.15, 0.2) is 52.9 Å². The molecule has 0 spiro atoms. The first-order valence-electron chi connectivity index (χ1n) is 8.36. The molecule has 0 saturated heterocycles. The molecule has 1 heterocycles. The quantitative estimate of drug-likeness (QED) is 0.457. The van der Waals surface area contributed by atoms with E-state index < -0.39 is 0 Å². The zero-order valence-corrected chi connectivity index (χ0v) is 16.9. The standard InChI is InChI=1S/C20H18ClN3O3S/c1-13-23-15(12-28-13)11-27-18-8-7-14(9-19(18)26-2)10-22-24-20(25)16-5-3-4-6-17(16)21/h3-10,12H,11H2,1-2H3,(H,24,25)/b22-10-. The number of carbonyl (C=O) groups is 1. The summed E-state index contributed by atoms with van der Waals surface area (Å²) >= 11 is 7.58. The van der Waals surface area contributed by atoms with Crippen LogP contribution >= 0.6 is 22.9 Å². The highest BCUT2D eigenvalue weighted by molar-refractivity contribution is 7.09. The molecule has 2 aromatic carbocycles. The topological polar surface area (TPSA) is 72.8 Å². The summed E-state index contributed by atoms with van der Waals surface area (Å²) in [5, 5.41) is 7.30. The van der Waals surface area contributed by atoms with Gasteiger partial charge in [0.15, 0.2) is 11.5 Å². The highest BCUT2D eigenvalue weighted by Crippen LogP contribution is 2.28. The van der Waals surface area contributed by atoms with Crippen LogP contribution in [-0.2, 0) is 6.61 Å². The van der Waals surface area contributed by atoms with Gasteiger partial charge in [-0.2, -0.15) is 5.10 Å². The summed E-state index contributed by atoms with van der Waals surface area (Å²) in [4.78, 5) is 16.5. The molecule has 8 heteroatoms. The lowest BCUT2D eigenvalue weighted by Crippen LogP contribution is -2.17. The van der Waals surface area contributed by atoms with Crippen molar-refractivity contribution in [3.05, 3.63) is 74.7 Å². The Morgan fingerprint density at radius 3 is 2.82 bits per heavy atom. The van der Waals surface area contributed by atoms with Gasteiger partial charge >= 0.3 is 0 Å². The average Bonchev–Trinajstić information content (AvgIpc) is 3.12. The van der Waals surface area contributed by atoms with E-state index in [1.54, 1.807) is 54.8 Å². The van der Waals surface area contributed by atoms with E-state index >= 15 is 0 Å². The Morgan fingerprint density at radius 1 is 1.29 bits per heavy atom. The summed E-state index contributed by atoms with van der Waals surface area (Å²) in [5.74, 6) is 0.783. The van der Waals surface area contributed by atoms with E-state index in [2.05, 4.69) is 15.5 Å². The Morgan fingerprint density at radius 2 is 2.11 bits per heavy atom. The number of aryl methyl sites for hydroxylation is 1. The van der Waals surface area contributed by atoms with Crippen LogP contribution < -0.4 is 14.9 Å². The van der Waals surface area contributed by atoms with Crippen molar-refractivity contribution in [1.29, 1.82) is 0 Å². The molecule has 1 N–H and O–H groups in total. The Labute approximate surface area is 171 Å². The number of hydrogen-bond donors (Lipinski definition) is 1. The Kier molecular flexibility index (Phi) is 6.62. The lowest BCUT2D eigenvalue weighted by Gasteiger charge is -2.10. The lowest BCUT2D eigenvalue weighted by atomic mass is 10.2. The molecule has 3 aromatic rings. The number of hydrazone groups is 1. The molecule has 0 unspecified atom stereocenters. The van der Waals surface area contributed by atoms with E-state index in [-0.39, 0.29) is 5.91 Å². The molecule has 6 nitrogen and oxygen atoms in total. The van der Waals surface area contributed by atoms with Crippen LogP contribution in [0.5, 0.6) is 11.5 Å². The molecule has 144 valence electrons. The first-order chi connectivity index (χ1) is 13.6. The van der Waals surface area contributed by atoms with E-state index in [9.17, 15) is 4.79 Å². The number of hydrogen-bond acceptors (Lipinski definition) is 6. The van der Waals surface area contributed by atoms with Crippen molar-refractivity contribution in [2.75, 3.05) is 7.11 Å². The maximum atomic E-state index is 12.1. The van der Waals surface area contributed by atoms with Gasteiger partial charge in [0.2, 0.25) is 0 Å². The van der Waals surface area contributed by atoms with Crippen molar-refractivity contribution in [2.24, 2.45) is 5.10 Å². The molecule has 0 radical (unpaired) electrons. The minimum absolute atomic E-state index is 0.361. The highest BCUT2D eigenvalue weighted by Gasteiger charge is 2.09. The van der Waals surface area contributed by atoms with Gasteiger partial charge in [0.1, 0.15) is 6.61 Å². The van der Waals surface area contributed by atoms with E-state index in [1.165, 1.54) is 6.21 Å². The average molecular weight is 416 g/mol. The Bertz CT molecular complexity index is 1000. The number of benzene rings is 2. The number of carbonyl (C=O) groups excluding carboxylic acids is 1. The molecule has 1 aromatic heterocycles. The minimum Gasteiger partial charge on any atom is -0.493 e. The molecule has 1 amide bonds. The van der Waals surface area contributed by atoms with Crippen LogP contribution in [0.1, 0.15) is 26.6 Å². The second-order valence-electron chi connectivity index (χ2n) is 5.74. The summed E-state index contributed by atoms with van der Waals surface area (Å²) in [7, 11) is 1.56. The molecule has 0 aliphatic heterocycles. The molecule has 0 saturated carbocycles. The van der Waals surface area contributed by atoms with Crippen LogP contribution in [0.2, 0.25) is 5.02 Å². The normalized spacial score (nSPS) is 10.8. The van der Waals surface area contributed by atoms with Gasteiger partial charge in [0, 0.05) is 5.38 Å². The SMILES string of the molecule is COc1cc(/C=N\NC(=O)c2ccccc2Cl)ccc1OCc1csc(C)n1. The summed E-state index contributed by atoms with van der Waals surface area (Å²) in [6.07, 6.45) is 1.52. The number of rotatable bonds is 7. The maximum absolute atomic E-state index is 12.1. The van der Waals surface area contributed by atoms with Gasteiger partial charge in [-0.3, -0.25) is 4.79 Å². The van der Waals surface area contributed by atoms with E-state index in [1.807, 2.05) is 18.4 Å². The number of amides is 1. The summed E-state index contributed by atoms with van der Waals surface area (Å²) in [6, 6.07) is 12.1. The molecule has 0 atom stereocenters. The lowest BCUT2D eigenvalue weighted by molar-refractivity contribution is 0.0955. The van der Waals surface area contributed by atoms with Crippen LogP contribution in [0.25, 0.3) is 0 Å². The number of aromatic nitrogens is 1. The largest absolute Gasteiger partial charge is 0.493 e. The fourth-order valence-corrected chi connectivity index (χ4v) is 3.20. The third-order valence-electron chi connectivity index (χ3n) is 3.73. The van der Waals surface area contributed by atoms with Crippen molar-refractivity contribution in [3.8, 4) is 11.5 Å². The first kappa shape index (κ1) is 19.9. The van der Waals surface area contributed by atoms with Gasteiger partial charge in [-0.25, -0.2) is 10.4 Å². The second-order valence-corrected chi connectivity index (χ2v) is 7.21. The number of ether oxygens (including phenoxy) is 2.